The molecule has 1 fully saturated rings. The molecule has 4 nitrogen and oxygen atoms in total. The van der Waals surface area contributed by atoms with E-state index in [0.29, 0.717) is 10.1 Å². The van der Waals surface area contributed by atoms with Crippen LogP contribution in [0.3, 0.4) is 0 Å². The van der Waals surface area contributed by atoms with Crippen LogP contribution in [0, 0.1) is 10.1 Å². The fourth-order valence-corrected chi connectivity index (χ4v) is 4.77. The molecule has 1 saturated carbocycles. The summed E-state index contributed by atoms with van der Waals surface area (Å²) in [5.41, 5.74) is 0.155. The second-order valence-corrected chi connectivity index (χ2v) is 6.93. The van der Waals surface area contributed by atoms with Crippen LogP contribution in [0.2, 0.25) is 0 Å². The molecule has 1 aliphatic carbocycles. The molecule has 0 radical (unpaired) electrons. The van der Waals surface area contributed by atoms with E-state index >= 15 is 0 Å². The van der Waals surface area contributed by atoms with Gasteiger partial charge < -0.3 is 5.11 Å². The molecule has 0 amide bonds. The first kappa shape index (κ1) is 12.9. The van der Waals surface area contributed by atoms with Crippen LogP contribution in [0.4, 0.5) is 5.69 Å². The summed E-state index contributed by atoms with van der Waals surface area (Å²) in [5, 5.41) is 20.9. The smallest absolute Gasteiger partial charge is 0.294 e. The van der Waals surface area contributed by atoms with Gasteiger partial charge in [-0.25, -0.2) is 0 Å². The van der Waals surface area contributed by atoms with Gasteiger partial charge in [0.05, 0.1) is 11.0 Å². The third kappa shape index (κ3) is 3.00. The molecule has 0 unspecified atom stereocenters. The minimum absolute atomic E-state index is 0.155. The van der Waals surface area contributed by atoms with E-state index in [2.05, 4.69) is 0 Å². The lowest BCUT2D eigenvalue weighted by Gasteiger charge is -2.05. The van der Waals surface area contributed by atoms with Gasteiger partial charge in [-0.3, -0.25) is 10.1 Å². The van der Waals surface area contributed by atoms with Gasteiger partial charge in [-0.2, -0.15) is 0 Å². The van der Waals surface area contributed by atoms with Gasteiger partial charge in [-0.15, -0.1) is 23.1 Å². The molecule has 1 atom stereocenters. The third-order valence-corrected chi connectivity index (χ3v) is 5.74. The SMILES string of the molecule is C[C@H](O)c1cc([N+](=O)[O-])c(SC2CCCC2)s1. The van der Waals surface area contributed by atoms with Crippen molar-refractivity contribution in [1.29, 1.82) is 0 Å². The Hall–Kier alpha value is -0.590. The van der Waals surface area contributed by atoms with Gasteiger partial charge >= 0.3 is 0 Å². The van der Waals surface area contributed by atoms with Gasteiger partial charge in [0.2, 0.25) is 0 Å². The number of hydrogen-bond donors (Lipinski definition) is 1. The molecule has 6 heteroatoms. The van der Waals surface area contributed by atoms with Crippen molar-refractivity contribution in [2.24, 2.45) is 0 Å². The van der Waals surface area contributed by atoms with Gasteiger partial charge in [0.25, 0.3) is 5.69 Å². The van der Waals surface area contributed by atoms with Crippen molar-refractivity contribution < 1.29 is 10.0 Å². The predicted molar refractivity (Wildman–Crippen MR) is 69.7 cm³/mol. The average Bonchev–Trinajstić information content (AvgIpc) is 2.87. The van der Waals surface area contributed by atoms with E-state index in [0.717, 1.165) is 17.1 Å². The second kappa shape index (κ2) is 5.37. The largest absolute Gasteiger partial charge is 0.388 e. The summed E-state index contributed by atoms with van der Waals surface area (Å²) in [7, 11) is 0. The molecular weight excluding hydrogens is 258 g/mol. The topological polar surface area (TPSA) is 63.4 Å². The van der Waals surface area contributed by atoms with Crippen LogP contribution in [0.25, 0.3) is 0 Å². The summed E-state index contributed by atoms with van der Waals surface area (Å²) >= 11 is 2.96. The molecule has 2 rings (SSSR count). The lowest BCUT2D eigenvalue weighted by molar-refractivity contribution is -0.387. The number of thiophene rings is 1. The quantitative estimate of drug-likeness (QED) is 0.670. The van der Waals surface area contributed by atoms with Crippen molar-refractivity contribution in [3.63, 3.8) is 0 Å². The van der Waals surface area contributed by atoms with Crippen molar-refractivity contribution >= 4 is 28.8 Å². The zero-order valence-corrected chi connectivity index (χ0v) is 11.2. The lowest BCUT2D eigenvalue weighted by atomic mass is 10.3. The molecule has 1 aromatic rings. The Morgan fingerprint density at radius 3 is 2.76 bits per heavy atom. The van der Waals surface area contributed by atoms with E-state index < -0.39 is 6.10 Å². The Morgan fingerprint density at radius 1 is 1.59 bits per heavy atom. The fourth-order valence-electron chi connectivity index (χ4n) is 1.96. The number of aliphatic hydroxyl groups excluding tert-OH is 1. The Kier molecular flexibility index (Phi) is 4.06. The van der Waals surface area contributed by atoms with Crippen molar-refractivity contribution in [1.82, 2.24) is 0 Å². The van der Waals surface area contributed by atoms with Crippen LogP contribution in [0.15, 0.2) is 10.3 Å². The summed E-state index contributed by atoms with van der Waals surface area (Å²) in [6, 6.07) is 1.51. The molecule has 1 heterocycles. The highest BCUT2D eigenvalue weighted by molar-refractivity contribution is 8.01. The van der Waals surface area contributed by atoms with Gasteiger partial charge in [0, 0.05) is 16.2 Å². The average molecular weight is 273 g/mol. The van der Waals surface area contributed by atoms with Crippen LogP contribution in [0.5, 0.6) is 0 Å². The maximum absolute atomic E-state index is 10.9. The summed E-state index contributed by atoms with van der Waals surface area (Å²) in [4.78, 5) is 11.3. The van der Waals surface area contributed by atoms with Crippen molar-refractivity contribution in [3.8, 4) is 0 Å². The Balaban J connectivity index is 2.20. The number of rotatable bonds is 4. The van der Waals surface area contributed by atoms with Gasteiger partial charge in [-0.1, -0.05) is 12.8 Å². The standard InChI is InChI=1S/C11H15NO3S2/c1-7(13)10-6-9(12(14)15)11(17-10)16-8-4-2-3-5-8/h6-8,13H,2-5H2,1H3/t7-/m0/s1. The first-order valence-electron chi connectivity index (χ1n) is 5.70. The van der Waals surface area contributed by atoms with Crippen molar-refractivity contribution in [2.45, 2.75) is 48.2 Å². The highest BCUT2D eigenvalue weighted by atomic mass is 32.2. The maximum Gasteiger partial charge on any atom is 0.294 e. The molecule has 1 aromatic heterocycles. The summed E-state index contributed by atoms with van der Waals surface area (Å²) in [6.07, 6.45) is 4.10. The number of aliphatic hydroxyl groups is 1. The highest BCUT2D eigenvalue weighted by Gasteiger charge is 2.25. The zero-order valence-electron chi connectivity index (χ0n) is 9.59. The molecular formula is C11H15NO3S2. The van der Waals surface area contributed by atoms with E-state index in [1.807, 2.05) is 0 Å². The van der Waals surface area contributed by atoms with Crippen LogP contribution in [0.1, 0.15) is 43.6 Å². The maximum atomic E-state index is 10.9. The Labute approximate surface area is 108 Å². The fraction of sp³-hybridized carbons (Fsp3) is 0.636. The summed E-state index contributed by atoms with van der Waals surface area (Å²) in [5.74, 6) is 0. The molecule has 17 heavy (non-hydrogen) atoms. The first-order chi connectivity index (χ1) is 8.08. The molecule has 0 bridgehead atoms. The van der Waals surface area contributed by atoms with E-state index in [1.165, 1.54) is 30.2 Å². The second-order valence-electron chi connectivity index (χ2n) is 4.28. The number of hydrogen-bond acceptors (Lipinski definition) is 5. The van der Waals surface area contributed by atoms with E-state index in [1.54, 1.807) is 18.7 Å². The number of nitrogens with zero attached hydrogens (tertiary/aromatic N) is 1. The van der Waals surface area contributed by atoms with Crippen LogP contribution in [-0.4, -0.2) is 15.3 Å². The molecule has 94 valence electrons. The number of thioether (sulfide) groups is 1. The molecule has 0 spiro atoms. The van der Waals surface area contributed by atoms with Gasteiger partial charge in [-0.05, 0) is 19.8 Å². The molecule has 1 N–H and O–H groups in total. The lowest BCUT2D eigenvalue weighted by Crippen LogP contribution is -1.94. The first-order valence-corrected chi connectivity index (χ1v) is 7.40. The van der Waals surface area contributed by atoms with Gasteiger partial charge in [0.15, 0.2) is 0 Å². The molecule has 0 aromatic carbocycles. The highest BCUT2D eigenvalue weighted by Crippen LogP contribution is 2.44. The van der Waals surface area contributed by atoms with Gasteiger partial charge in [0.1, 0.15) is 4.21 Å². The summed E-state index contributed by atoms with van der Waals surface area (Å²) in [6.45, 7) is 1.64. The van der Waals surface area contributed by atoms with E-state index in [4.69, 9.17) is 0 Å². The van der Waals surface area contributed by atoms with Crippen molar-refractivity contribution in [3.05, 3.63) is 21.1 Å². The molecule has 0 aliphatic heterocycles. The van der Waals surface area contributed by atoms with Crippen LogP contribution >= 0.6 is 23.1 Å². The third-order valence-electron chi connectivity index (χ3n) is 2.88. The monoisotopic (exact) mass is 273 g/mol. The Bertz CT molecular complexity index is 411. The zero-order chi connectivity index (χ0) is 12.4. The van der Waals surface area contributed by atoms with Crippen LogP contribution < -0.4 is 0 Å². The van der Waals surface area contributed by atoms with Crippen LogP contribution in [-0.2, 0) is 0 Å². The van der Waals surface area contributed by atoms with E-state index in [-0.39, 0.29) is 10.6 Å². The van der Waals surface area contributed by atoms with E-state index in [9.17, 15) is 15.2 Å². The molecule has 0 saturated heterocycles. The predicted octanol–water partition coefficient (Wildman–Crippen LogP) is 3.74. The minimum atomic E-state index is -0.628. The number of nitro groups is 1. The normalized spacial score (nSPS) is 18.5. The van der Waals surface area contributed by atoms with Crippen molar-refractivity contribution in [2.75, 3.05) is 0 Å². The summed E-state index contributed by atoms with van der Waals surface area (Å²) < 4.78 is 0.748. The Morgan fingerprint density at radius 2 is 2.24 bits per heavy atom. The molecule has 1 aliphatic rings. The minimum Gasteiger partial charge on any atom is -0.388 e.